The molecule has 0 spiro atoms. The lowest BCUT2D eigenvalue weighted by Crippen LogP contribution is -2.57. The summed E-state index contributed by atoms with van der Waals surface area (Å²) in [6.45, 7) is 5.59. The average Bonchev–Trinajstić information content (AvgIpc) is 3.63. The van der Waals surface area contributed by atoms with E-state index in [1.165, 1.54) is 29.8 Å². The summed E-state index contributed by atoms with van der Waals surface area (Å²) in [6.07, 6.45) is 7.22. The van der Waals surface area contributed by atoms with Gasteiger partial charge in [0.2, 0.25) is 11.8 Å². The van der Waals surface area contributed by atoms with Crippen molar-refractivity contribution in [2.24, 2.45) is 11.8 Å². The number of hydrogen-bond acceptors (Lipinski definition) is 8. The van der Waals surface area contributed by atoms with E-state index >= 15 is 0 Å². The number of thiazole rings is 1. The number of nitrogens with one attached hydrogen (secondary N) is 2. The number of carbonyl (C=O) groups is 2. The van der Waals surface area contributed by atoms with Gasteiger partial charge in [-0.1, -0.05) is 94.5 Å². The Balaban J connectivity index is 1.60. The summed E-state index contributed by atoms with van der Waals surface area (Å²) in [6, 6.07) is 15.7. The Labute approximate surface area is 282 Å². The van der Waals surface area contributed by atoms with Gasteiger partial charge in [0.05, 0.1) is 18.7 Å². The number of nitrogens with zero attached hydrogens (tertiary/aromatic N) is 2. The van der Waals surface area contributed by atoms with Crippen molar-refractivity contribution in [1.82, 2.24) is 15.4 Å². The summed E-state index contributed by atoms with van der Waals surface area (Å²) in [4.78, 5) is 34.6. The highest BCUT2D eigenvalue weighted by atomic mass is 32.1. The van der Waals surface area contributed by atoms with Crippen molar-refractivity contribution in [2.75, 3.05) is 12.0 Å². The fraction of sp³-hybridized carbons (Fsp3) is 0.514. The molecule has 12 heteroatoms. The molecule has 2 amide bonds. The number of anilines is 1. The van der Waals surface area contributed by atoms with Crippen LogP contribution < -0.4 is 15.3 Å². The highest BCUT2D eigenvalue weighted by Gasteiger charge is 2.39. The number of amides is 2. The lowest BCUT2D eigenvalue weighted by molar-refractivity contribution is -0.128. The number of carbonyl (C=O) groups excluding carboxylic acids is 2. The molecule has 256 valence electrons. The predicted octanol–water partition coefficient (Wildman–Crippen LogP) is 7.03. The lowest BCUT2D eigenvalue weighted by Gasteiger charge is -2.36. The second kappa shape index (κ2) is 18.0. The van der Waals surface area contributed by atoms with Gasteiger partial charge in [0.25, 0.3) is 0 Å². The number of benzene rings is 2. The van der Waals surface area contributed by atoms with Gasteiger partial charge in [0.15, 0.2) is 0 Å². The van der Waals surface area contributed by atoms with Crippen molar-refractivity contribution in [3.8, 4) is 0 Å². The molecule has 47 heavy (non-hydrogen) atoms. The van der Waals surface area contributed by atoms with Crippen LogP contribution in [0.2, 0.25) is 0 Å². The zero-order chi connectivity index (χ0) is 33.8. The van der Waals surface area contributed by atoms with E-state index in [-0.39, 0.29) is 18.4 Å². The number of rotatable bonds is 17. The van der Waals surface area contributed by atoms with E-state index in [4.69, 9.17) is 9.05 Å². The maximum Gasteiger partial charge on any atom is 0.406 e. The van der Waals surface area contributed by atoms with Crippen LogP contribution in [-0.4, -0.2) is 47.1 Å². The lowest BCUT2D eigenvalue weighted by atomic mass is 9.83. The third-order valence-electron chi connectivity index (χ3n) is 8.51. The van der Waals surface area contributed by atoms with Crippen LogP contribution in [0.1, 0.15) is 82.4 Å². The molecule has 0 aliphatic heterocycles. The van der Waals surface area contributed by atoms with Crippen LogP contribution in [0.4, 0.5) is 5.69 Å². The minimum atomic E-state index is -3.91. The standard InChI is InChI=1S/C35H49N4O6PS/c1-25(2)22-31(33(41)37-30(23-27-14-8-5-9-15-27)32(40)34-36-20-21-47-34)39(29-18-12-7-13-19-29)35(42)26(3)38-46(43,44-4)45-24-28-16-10-6-11-17-28/h6-7,10-13,16-21,25-27,30-32,40H,5,8-9,14-15,22-24H2,1-4H3,(H,37,41)(H,38,43)/t26-,30+,31-,32-,46?/m0/s1. The second-order valence-electron chi connectivity index (χ2n) is 12.6. The zero-order valence-electron chi connectivity index (χ0n) is 27.8. The first-order valence-electron chi connectivity index (χ1n) is 16.5. The maximum absolute atomic E-state index is 14.4. The van der Waals surface area contributed by atoms with E-state index < -0.39 is 37.9 Å². The van der Waals surface area contributed by atoms with Crippen molar-refractivity contribution >= 4 is 36.6 Å². The fourth-order valence-corrected chi connectivity index (χ4v) is 7.96. The molecule has 5 atom stereocenters. The van der Waals surface area contributed by atoms with Crippen LogP contribution >= 0.6 is 19.1 Å². The SMILES string of the molecule is COP(=O)(N[C@@H](C)C(=O)N(c1ccccc1)[C@@H](CC(C)C)C(=O)N[C@H](CC1CCCCC1)[C@H](O)c1nccs1)OCc1ccccc1. The summed E-state index contributed by atoms with van der Waals surface area (Å²) in [5.74, 6) is -0.410. The molecular formula is C35H49N4O6PS. The normalized spacial score (nSPS) is 17.7. The summed E-state index contributed by atoms with van der Waals surface area (Å²) < 4.78 is 24.5. The van der Waals surface area contributed by atoms with Crippen molar-refractivity contribution in [3.05, 3.63) is 82.8 Å². The Bertz CT molecular complexity index is 1420. The summed E-state index contributed by atoms with van der Waals surface area (Å²) in [5, 5.41) is 19.7. The number of aliphatic hydroxyl groups excluding tert-OH is 1. The van der Waals surface area contributed by atoms with Crippen LogP contribution in [0, 0.1) is 11.8 Å². The van der Waals surface area contributed by atoms with E-state index in [0.717, 1.165) is 31.2 Å². The van der Waals surface area contributed by atoms with E-state index in [1.807, 2.05) is 55.6 Å². The van der Waals surface area contributed by atoms with Crippen molar-refractivity contribution in [2.45, 2.75) is 96.6 Å². The van der Waals surface area contributed by atoms with E-state index in [1.54, 1.807) is 37.4 Å². The van der Waals surface area contributed by atoms with Crippen LogP contribution in [0.5, 0.6) is 0 Å². The third-order valence-corrected chi connectivity index (χ3v) is 11.0. The van der Waals surface area contributed by atoms with Gasteiger partial charge in [-0.3, -0.25) is 19.0 Å². The maximum atomic E-state index is 14.4. The van der Waals surface area contributed by atoms with Gasteiger partial charge >= 0.3 is 7.75 Å². The quantitative estimate of drug-likeness (QED) is 0.129. The van der Waals surface area contributed by atoms with Crippen LogP contribution in [0.25, 0.3) is 0 Å². The first-order valence-corrected chi connectivity index (χ1v) is 18.9. The fourth-order valence-electron chi connectivity index (χ4n) is 6.08. The largest absolute Gasteiger partial charge is 0.406 e. The molecule has 10 nitrogen and oxygen atoms in total. The van der Waals surface area contributed by atoms with Crippen LogP contribution in [-0.2, 0) is 29.8 Å². The summed E-state index contributed by atoms with van der Waals surface area (Å²) >= 11 is 1.35. The molecule has 1 heterocycles. The third kappa shape index (κ3) is 10.8. The number of hydrogen-bond donors (Lipinski definition) is 3. The Morgan fingerprint density at radius 1 is 1.04 bits per heavy atom. The number of aromatic nitrogens is 1. The van der Waals surface area contributed by atoms with Crippen LogP contribution in [0.3, 0.4) is 0 Å². The first kappa shape index (κ1) is 36.9. The topological polar surface area (TPSA) is 130 Å². The molecule has 1 unspecified atom stereocenters. The highest BCUT2D eigenvalue weighted by molar-refractivity contribution is 7.51. The molecule has 2 aromatic carbocycles. The highest BCUT2D eigenvalue weighted by Crippen LogP contribution is 2.44. The molecule has 0 saturated heterocycles. The molecule has 1 aliphatic carbocycles. The Morgan fingerprint density at radius 3 is 2.30 bits per heavy atom. The van der Waals surface area contributed by atoms with E-state index in [2.05, 4.69) is 15.4 Å². The molecule has 4 rings (SSSR count). The van der Waals surface area contributed by atoms with Gasteiger partial charge < -0.3 is 14.9 Å². The molecule has 1 aromatic heterocycles. The van der Waals surface area contributed by atoms with E-state index in [0.29, 0.717) is 29.5 Å². The molecule has 0 bridgehead atoms. The predicted molar refractivity (Wildman–Crippen MR) is 186 cm³/mol. The van der Waals surface area contributed by atoms with Crippen LogP contribution in [0.15, 0.2) is 72.2 Å². The Kier molecular flexibility index (Phi) is 14.1. The van der Waals surface area contributed by atoms with Gasteiger partial charge in [-0.2, -0.15) is 0 Å². The van der Waals surface area contributed by atoms with Crippen molar-refractivity contribution in [3.63, 3.8) is 0 Å². The second-order valence-corrected chi connectivity index (χ2v) is 15.5. The molecule has 1 fully saturated rings. The zero-order valence-corrected chi connectivity index (χ0v) is 29.5. The smallest absolute Gasteiger partial charge is 0.384 e. The molecule has 3 aromatic rings. The van der Waals surface area contributed by atoms with Gasteiger partial charge in [-0.25, -0.2) is 14.6 Å². The Morgan fingerprint density at radius 2 is 1.70 bits per heavy atom. The minimum Gasteiger partial charge on any atom is -0.384 e. The first-order chi connectivity index (χ1) is 22.6. The van der Waals surface area contributed by atoms with Gasteiger partial charge in [0, 0.05) is 24.4 Å². The average molecular weight is 685 g/mol. The summed E-state index contributed by atoms with van der Waals surface area (Å²) in [5.41, 5.74) is 1.32. The van der Waals surface area contributed by atoms with Crippen molar-refractivity contribution < 1.29 is 28.3 Å². The monoisotopic (exact) mass is 684 g/mol. The molecule has 1 saturated carbocycles. The molecular weight excluding hydrogens is 635 g/mol. The van der Waals surface area contributed by atoms with Gasteiger partial charge in [-0.15, -0.1) is 11.3 Å². The number of para-hydroxylation sites is 1. The minimum absolute atomic E-state index is 0.0183. The molecule has 3 N–H and O–H groups in total. The number of aliphatic hydroxyl groups is 1. The van der Waals surface area contributed by atoms with Gasteiger partial charge in [0.1, 0.15) is 17.2 Å². The van der Waals surface area contributed by atoms with Gasteiger partial charge in [-0.05, 0) is 49.3 Å². The Hall–Kier alpha value is -2.92. The molecule has 0 radical (unpaired) electrons. The van der Waals surface area contributed by atoms with E-state index in [9.17, 15) is 19.3 Å². The summed E-state index contributed by atoms with van der Waals surface area (Å²) in [7, 11) is -2.65. The van der Waals surface area contributed by atoms with Crippen molar-refractivity contribution in [1.29, 1.82) is 0 Å². The molecule has 1 aliphatic rings.